The molecule has 0 radical (unpaired) electrons. The lowest BCUT2D eigenvalue weighted by molar-refractivity contribution is 0.0953. The average Bonchev–Trinajstić information content (AvgIpc) is 2.59. The molecule has 0 saturated carbocycles. The molecule has 1 aliphatic rings. The molecular weight excluding hydrogens is 312 g/mol. The van der Waals surface area contributed by atoms with E-state index in [0.29, 0.717) is 5.56 Å². The van der Waals surface area contributed by atoms with E-state index >= 15 is 0 Å². The number of carbonyl (C=O) groups is 3. The van der Waals surface area contributed by atoms with Crippen LogP contribution >= 0.6 is 0 Å². The van der Waals surface area contributed by atoms with Crippen LogP contribution in [0.2, 0.25) is 0 Å². The molecule has 0 fully saturated rings. The standard InChI is InChI=1S/C18H14O6/c1-3-23-18(21)24-17-13(22-2)9-8-12-14(17)16(20)11-7-5-4-6-10(11)15(12)19/h4-9H,3H2,1-2H3. The summed E-state index contributed by atoms with van der Waals surface area (Å²) in [5, 5.41) is 0. The summed E-state index contributed by atoms with van der Waals surface area (Å²) in [4.78, 5) is 37.2. The Kier molecular flexibility index (Phi) is 4.04. The molecule has 2 aromatic rings. The Bertz CT molecular complexity index is 853. The second-order valence-electron chi connectivity index (χ2n) is 5.01. The van der Waals surface area contributed by atoms with Crippen molar-refractivity contribution in [3.63, 3.8) is 0 Å². The van der Waals surface area contributed by atoms with Crippen molar-refractivity contribution >= 4 is 17.7 Å². The van der Waals surface area contributed by atoms with Crippen molar-refractivity contribution in [3.8, 4) is 11.5 Å². The lowest BCUT2D eigenvalue weighted by Gasteiger charge is -2.21. The Morgan fingerprint density at radius 3 is 2.25 bits per heavy atom. The molecule has 2 aromatic carbocycles. The van der Waals surface area contributed by atoms with Crippen LogP contribution in [-0.4, -0.2) is 31.4 Å². The van der Waals surface area contributed by atoms with Crippen molar-refractivity contribution in [3.05, 3.63) is 58.7 Å². The first-order chi connectivity index (χ1) is 11.6. The number of methoxy groups -OCH3 is 1. The largest absolute Gasteiger partial charge is 0.513 e. The number of hydrogen-bond donors (Lipinski definition) is 0. The van der Waals surface area contributed by atoms with Crippen LogP contribution in [0.15, 0.2) is 36.4 Å². The smallest absolute Gasteiger partial charge is 0.493 e. The molecule has 0 atom stereocenters. The number of rotatable bonds is 3. The fraction of sp³-hybridized carbons (Fsp3) is 0.167. The molecule has 0 N–H and O–H groups in total. The van der Waals surface area contributed by atoms with Gasteiger partial charge < -0.3 is 14.2 Å². The number of benzene rings is 2. The Hall–Kier alpha value is -3.15. The zero-order chi connectivity index (χ0) is 17.3. The van der Waals surface area contributed by atoms with E-state index in [9.17, 15) is 14.4 Å². The minimum absolute atomic E-state index is 0.00565. The summed E-state index contributed by atoms with van der Waals surface area (Å²) in [6.07, 6.45) is -0.969. The molecule has 0 unspecified atom stereocenters. The molecular formula is C18H14O6. The van der Waals surface area contributed by atoms with Crippen LogP contribution in [0.3, 0.4) is 0 Å². The third-order valence-electron chi connectivity index (χ3n) is 3.68. The van der Waals surface area contributed by atoms with Crippen LogP contribution in [0.4, 0.5) is 4.79 Å². The van der Waals surface area contributed by atoms with Crippen molar-refractivity contribution in [1.29, 1.82) is 0 Å². The summed E-state index contributed by atoms with van der Waals surface area (Å²) in [5.41, 5.74) is 0.754. The zero-order valence-electron chi connectivity index (χ0n) is 13.1. The first kappa shape index (κ1) is 15.7. The summed E-state index contributed by atoms with van der Waals surface area (Å²) in [5.74, 6) is -0.654. The predicted molar refractivity (Wildman–Crippen MR) is 84.0 cm³/mol. The molecule has 24 heavy (non-hydrogen) atoms. The highest BCUT2D eigenvalue weighted by Crippen LogP contribution is 2.39. The van der Waals surface area contributed by atoms with E-state index in [1.807, 2.05) is 0 Å². The Morgan fingerprint density at radius 1 is 0.958 bits per heavy atom. The van der Waals surface area contributed by atoms with E-state index < -0.39 is 11.9 Å². The molecule has 122 valence electrons. The van der Waals surface area contributed by atoms with Crippen LogP contribution < -0.4 is 9.47 Å². The molecule has 0 bridgehead atoms. The van der Waals surface area contributed by atoms with Crippen molar-refractivity contribution < 1.29 is 28.6 Å². The second-order valence-corrected chi connectivity index (χ2v) is 5.01. The van der Waals surface area contributed by atoms with E-state index in [-0.39, 0.29) is 40.6 Å². The van der Waals surface area contributed by atoms with Crippen LogP contribution in [0.25, 0.3) is 0 Å². The Labute approximate surface area is 137 Å². The van der Waals surface area contributed by atoms with Gasteiger partial charge >= 0.3 is 6.16 Å². The first-order valence-electron chi connectivity index (χ1n) is 7.32. The van der Waals surface area contributed by atoms with E-state index in [1.54, 1.807) is 31.2 Å². The molecule has 0 spiro atoms. The number of ketones is 2. The summed E-state index contributed by atoms with van der Waals surface area (Å²) in [6.45, 7) is 1.75. The van der Waals surface area contributed by atoms with Crippen LogP contribution in [0.5, 0.6) is 11.5 Å². The Balaban J connectivity index is 2.19. The maximum absolute atomic E-state index is 12.8. The summed E-state index contributed by atoms with van der Waals surface area (Å²) < 4.78 is 15.1. The molecule has 0 saturated heterocycles. The van der Waals surface area contributed by atoms with Gasteiger partial charge in [0.2, 0.25) is 0 Å². The van der Waals surface area contributed by atoms with Gasteiger partial charge in [0, 0.05) is 16.7 Å². The lowest BCUT2D eigenvalue weighted by Crippen LogP contribution is -2.23. The zero-order valence-corrected chi connectivity index (χ0v) is 13.1. The second kappa shape index (κ2) is 6.16. The summed E-state index contributed by atoms with van der Waals surface area (Å²) in [7, 11) is 1.38. The predicted octanol–water partition coefficient (Wildman–Crippen LogP) is 3.01. The van der Waals surface area contributed by atoms with Crippen molar-refractivity contribution in [2.45, 2.75) is 6.92 Å². The van der Waals surface area contributed by atoms with Crippen molar-refractivity contribution in [2.75, 3.05) is 13.7 Å². The lowest BCUT2D eigenvalue weighted by atomic mass is 9.83. The van der Waals surface area contributed by atoms with E-state index in [1.165, 1.54) is 19.2 Å². The highest BCUT2D eigenvalue weighted by Gasteiger charge is 2.34. The molecule has 6 nitrogen and oxygen atoms in total. The quantitative estimate of drug-likeness (QED) is 0.544. The summed E-state index contributed by atoms with van der Waals surface area (Å²) in [6, 6.07) is 9.48. The molecule has 0 aromatic heterocycles. The first-order valence-corrected chi connectivity index (χ1v) is 7.32. The number of ether oxygens (including phenoxy) is 3. The molecule has 3 rings (SSSR count). The molecule has 0 amide bonds. The number of hydrogen-bond acceptors (Lipinski definition) is 6. The normalized spacial score (nSPS) is 12.2. The van der Waals surface area contributed by atoms with Gasteiger partial charge in [-0.15, -0.1) is 0 Å². The van der Waals surface area contributed by atoms with Gasteiger partial charge in [-0.3, -0.25) is 9.59 Å². The third-order valence-corrected chi connectivity index (χ3v) is 3.68. The van der Waals surface area contributed by atoms with Crippen LogP contribution in [0, 0.1) is 0 Å². The van der Waals surface area contributed by atoms with Gasteiger partial charge in [0.05, 0.1) is 19.3 Å². The maximum Gasteiger partial charge on any atom is 0.513 e. The maximum atomic E-state index is 12.8. The van der Waals surface area contributed by atoms with Gasteiger partial charge in [0.25, 0.3) is 0 Å². The number of fused-ring (bicyclic) bond motifs is 2. The monoisotopic (exact) mass is 326 g/mol. The topological polar surface area (TPSA) is 78.9 Å². The summed E-state index contributed by atoms with van der Waals surface area (Å²) >= 11 is 0. The fourth-order valence-corrected chi connectivity index (χ4v) is 2.63. The van der Waals surface area contributed by atoms with Crippen LogP contribution in [0.1, 0.15) is 38.8 Å². The van der Waals surface area contributed by atoms with Gasteiger partial charge in [-0.2, -0.15) is 0 Å². The molecule has 0 aliphatic heterocycles. The molecule has 0 heterocycles. The van der Waals surface area contributed by atoms with E-state index in [0.717, 1.165) is 0 Å². The SMILES string of the molecule is CCOC(=O)Oc1c(OC)ccc2c1C(=O)c1ccccc1C2=O. The van der Waals surface area contributed by atoms with Gasteiger partial charge in [-0.1, -0.05) is 24.3 Å². The molecule has 1 aliphatic carbocycles. The minimum Gasteiger partial charge on any atom is -0.493 e. The van der Waals surface area contributed by atoms with E-state index in [4.69, 9.17) is 14.2 Å². The molecule has 6 heteroatoms. The average molecular weight is 326 g/mol. The highest BCUT2D eigenvalue weighted by molar-refractivity contribution is 6.29. The van der Waals surface area contributed by atoms with Crippen LogP contribution in [-0.2, 0) is 4.74 Å². The van der Waals surface area contributed by atoms with E-state index in [2.05, 4.69) is 0 Å². The van der Waals surface area contributed by atoms with Gasteiger partial charge in [-0.05, 0) is 19.1 Å². The fourth-order valence-electron chi connectivity index (χ4n) is 2.63. The highest BCUT2D eigenvalue weighted by atomic mass is 16.7. The van der Waals surface area contributed by atoms with Gasteiger partial charge in [0.1, 0.15) is 0 Å². The third kappa shape index (κ3) is 2.42. The van der Waals surface area contributed by atoms with Gasteiger partial charge in [-0.25, -0.2) is 4.79 Å². The van der Waals surface area contributed by atoms with Crippen molar-refractivity contribution in [2.24, 2.45) is 0 Å². The van der Waals surface area contributed by atoms with Gasteiger partial charge in [0.15, 0.2) is 23.1 Å². The Morgan fingerprint density at radius 2 is 1.62 bits per heavy atom. The van der Waals surface area contributed by atoms with Crippen molar-refractivity contribution in [1.82, 2.24) is 0 Å². The minimum atomic E-state index is -0.969. The number of carbonyl (C=O) groups excluding carboxylic acids is 3.